The van der Waals surface area contributed by atoms with Crippen molar-refractivity contribution in [2.75, 3.05) is 0 Å². The van der Waals surface area contributed by atoms with Gasteiger partial charge in [0.15, 0.2) is 0 Å². The first kappa shape index (κ1) is 27.4. The highest BCUT2D eigenvalue weighted by Crippen LogP contribution is 2.50. The second-order valence-corrected chi connectivity index (χ2v) is 14.4. The van der Waals surface area contributed by atoms with E-state index in [9.17, 15) is 0 Å². The second kappa shape index (κ2) is 10.1. The normalized spacial score (nSPS) is 17.3. The van der Waals surface area contributed by atoms with E-state index < -0.39 is 0 Å². The van der Waals surface area contributed by atoms with Crippen molar-refractivity contribution in [1.82, 2.24) is 4.57 Å². The predicted octanol–water partition coefficient (Wildman–Crippen LogP) is 13.3. The summed E-state index contributed by atoms with van der Waals surface area (Å²) in [4.78, 5) is 0. The third-order valence-electron chi connectivity index (χ3n) is 11.9. The molecule has 0 spiro atoms. The molecule has 0 radical (unpaired) electrons. The van der Waals surface area contributed by atoms with Crippen molar-refractivity contribution < 1.29 is 0 Å². The largest absolute Gasteiger partial charge is 0.309 e. The molecular formula is C50H31N. The van der Waals surface area contributed by atoms with Crippen LogP contribution in [0.5, 0.6) is 0 Å². The van der Waals surface area contributed by atoms with Gasteiger partial charge in [-0.2, -0.15) is 0 Å². The molecule has 9 aromatic rings. The third kappa shape index (κ3) is 3.75. The summed E-state index contributed by atoms with van der Waals surface area (Å²) in [6.07, 6.45) is 16.3. The van der Waals surface area contributed by atoms with Crippen LogP contribution in [0, 0.1) is 5.92 Å². The number of benzene rings is 8. The molecule has 0 fully saturated rings. The summed E-state index contributed by atoms with van der Waals surface area (Å²) in [5.74, 6) is 0.812. The van der Waals surface area contributed by atoms with Gasteiger partial charge in [0, 0.05) is 28.3 Å². The highest BCUT2D eigenvalue weighted by Gasteiger charge is 2.33. The molecule has 1 heterocycles. The van der Waals surface area contributed by atoms with Gasteiger partial charge < -0.3 is 4.57 Å². The summed E-state index contributed by atoms with van der Waals surface area (Å²) in [5, 5.41) is 10.5. The topological polar surface area (TPSA) is 4.93 Å². The quantitative estimate of drug-likeness (QED) is 0.169. The van der Waals surface area contributed by atoms with Gasteiger partial charge in [0.25, 0.3) is 0 Å². The zero-order chi connectivity index (χ0) is 33.2. The van der Waals surface area contributed by atoms with Gasteiger partial charge in [0.05, 0.1) is 11.0 Å². The lowest BCUT2D eigenvalue weighted by molar-refractivity contribution is 0.665. The molecule has 0 saturated carbocycles. The van der Waals surface area contributed by atoms with Crippen LogP contribution in [0.1, 0.15) is 22.6 Å². The number of hydrogen-bond donors (Lipinski definition) is 0. The molecular weight excluding hydrogens is 615 g/mol. The molecule has 236 valence electrons. The average molecular weight is 646 g/mol. The molecule has 0 aliphatic heterocycles. The second-order valence-electron chi connectivity index (χ2n) is 14.4. The minimum Gasteiger partial charge on any atom is -0.309 e. The van der Waals surface area contributed by atoms with Crippen LogP contribution < -0.4 is 0 Å². The Morgan fingerprint density at radius 3 is 2.00 bits per heavy atom. The number of fused-ring (bicyclic) bond motifs is 3. The van der Waals surface area contributed by atoms with Crippen LogP contribution in [-0.4, -0.2) is 4.57 Å². The van der Waals surface area contributed by atoms with E-state index in [0.717, 1.165) is 0 Å². The zero-order valence-electron chi connectivity index (χ0n) is 27.8. The van der Waals surface area contributed by atoms with Crippen molar-refractivity contribution in [3.63, 3.8) is 0 Å². The molecule has 12 rings (SSSR count). The Morgan fingerprint density at radius 1 is 0.490 bits per heavy atom. The molecule has 2 unspecified atom stereocenters. The van der Waals surface area contributed by atoms with Crippen molar-refractivity contribution in [3.8, 4) is 27.9 Å². The van der Waals surface area contributed by atoms with E-state index in [1.54, 1.807) is 0 Å². The Kier molecular flexibility index (Phi) is 5.40. The monoisotopic (exact) mass is 645 g/mol. The van der Waals surface area contributed by atoms with Gasteiger partial charge in [-0.15, -0.1) is 0 Å². The fourth-order valence-electron chi connectivity index (χ4n) is 9.60. The fraction of sp³-hybridized carbons (Fsp3) is 0.0400. The lowest BCUT2D eigenvalue weighted by atomic mass is 9.68. The molecule has 3 aliphatic rings. The van der Waals surface area contributed by atoms with Crippen LogP contribution in [0.4, 0.5) is 0 Å². The molecule has 0 amide bonds. The van der Waals surface area contributed by atoms with E-state index >= 15 is 0 Å². The van der Waals surface area contributed by atoms with Crippen LogP contribution >= 0.6 is 0 Å². The van der Waals surface area contributed by atoms with Gasteiger partial charge in [0.1, 0.15) is 0 Å². The SMILES string of the molecule is C1=CC2C=Cc3c(-c4ccc5c(c4)c4cc(-c6ccc7ccc8cccc9ccc6c7c89)ccc4n5-c4ccccc4)ccc4c3C2C(=C1)C=C4. The van der Waals surface area contributed by atoms with Crippen molar-refractivity contribution in [1.29, 1.82) is 0 Å². The Labute approximate surface area is 295 Å². The van der Waals surface area contributed by atoms with Gasteiger partial charge in [-0.3, -0.25) is 0 Å². The standard InChI is InChI=1S/C50H31N/c1-2-10-38(11-3-1)51-45-26-20-36(39-22-16-34-14-12-30-6-4-8-32-18-24-41(39)49(34)47(30)32)28-43(45)44-29-37(21-27-46(44)51)40-23-17-35-15-13-31-7-5-9-33-19-25-42(40)50(35)48(31)33/h1-29,32,47H. The van der Waals surface area contributed by atoms with Gasteiger partial charge in [-0.25, -0.2) is 0 Å². The number of hydrogen-bond acceptors (Lipinski definition) is 0. The average Bonchev–Trinajstić information content (AvgIpc) is 3.52. The predicted molar refractivity (Wildman–Crippen MR) is 217 cm³/mol. The van der Waals surface area contributed by atoms with Crippen molar-refractivity contribution in [2.24, 2.45) is 5.92 Å². The summed E-state index contributed by atoms with van der Waals surface area (Å²) >= 11 is 0. The first-order chi connectivity index (χ1) is 25.3. The highest BCUT2D eigenvalue weighted by atomic mass is 15.0. The Bertz CT molecular complexity index is 3060. The van der Waals surface area contributed by atoms with Crippen LogP contribution in [0.15, 0.2) is 169 Å². The molecule has 0 bridgehead atoms. The Balaban J connectivity index is 1.11. The highest BCUT2D eigenvalue weighted by molar-refractivity contribution is 6.25. The summed E-state index contributed by atoms with van der Waals surface area (Å²) in [6, 6.07) is 50.1. The maximum Gasteiger partial charge on any atom is 0.0541 e. The number of aromatic nitrogens is 1. The van der Waals surface area contributed by atoms with Crippen LogP contribution in [0.2, 0.25) is 0 Å². The number of allylic oxidation sites excluding steroid dienone is 6. The summed E-state index contributed by atoms with van der Waals surface area (Å²) in [6.45, 7) is 0. The molecule has 0 N–H and O–H groups in total. The molecule has 0 saturated heterocycles. The molecule has 2 atom stereocenters. The first-order valence-corrected chi connectivity index (χ1v) is 18.0. The van der Waals surface area contributed by atoms with E-state index in [1.807, 2.05) is 0 Å². The summed E-state index contributed by atoms with van der Waals surface area (Å²) < 4.78 is 2.43. The van der Waals surface area contributed by atoms with Crippen LogP contribution in [0.25, 0.3) is 94.2 Å². The van der Waals surface area contributed by atoms with E-state index in [-0.39, 0.29) is 0 Å². The third-order valence-corrected chi connectivity index (χ3v) is 11.9. The lowest BCUT2D eigenvalue weighted by Crippen LogP contribution is -2.20. The minimum atomic E-state index is 0.395. The van der Waals surface area contributed by atoms with Crippen molar-refractivity contribution in [3.05, 3.63) is 186 Å². The van der Waals surface area contributed by atoms with Gasteiger partial charge in [-0.1, -0.05) is 140 Å². The summed E-state index contributed by atoms with van der Waals surface area (Å²) in [5.41, 5.74) is 14.3. The van der Waals surface area contributed by atoms with Crippen molar-refractivity contribution in [2.45, 2.75) is 5.92 Å². The molecule has 51 heavy (non-hydrogen) atoms. The lowest BCUT2D eigenvalue weighted by Gasteiger charge is -2.35. The molecule has 8 aromatic carbocycles. The summed E-state index contributed by atoms with van der Waals surface area (Å²) in [7, 11) is 0. The maximum absolute atomic E-state index is 2.44. The Hall–Kier alpha value is -6.44. The number of para-hydroxylation sites is 1. The van der Waals surface area contributed by atoms with E-state index in [2.05, 4.69) is 181 Å². The Morgan fingerprint density at radius 2 is 1.20 bits per heavy atom. The van der Waals surface area contributed by atoms with E-state index in [4.69, 9.17) is 0 Å². The van der Waals surface area contributed by atoms with Gasteiger partial charge in [0.2, 0.25) is 0 Å². The first-order valence-electron chi connectivity index (χ1n) is 18.0. The molecule has 3 aliphatic carbocycles. The number of nitrogens with zero attached hydrogens (tertiary/aromatic N) is 1. The van der Waals surface area contributed by atoms with Crippen LogP contribution in [-0.2, 0) is 0 Å². The number of rotatable bonds is 3. The van der Waals surface area contributed by atoms with Gasteiger partial charge in [-0.05, 0) is 113 Å². The minimum absolute atomic E-state index is 0.395. The van der Waals surface area contributed by atoms with Crippen molar-refractivity contribution >= 4 is 66.3 Å². The maximum atomic E-state index is 2.44. The fourth-order valence-corrected chi connectivity index (χ4v) is 9.60. The molecule has 1 nitrogen and oxygen atoms in total. The zero-order valence-corrected chi connectivity index (χ0v) is 27.8. The van der Waals surface area contributed by atoms with Crippen LogP contribution in [0.3, 0.4) is 0 Å². The van der Waals surface area contributed by atoms with E-state index in [1.165, 1.54) is 104 Å². The molecule has 1 aromatic heterocycles. The molecule has 1 heteroatoms. The smallest absolute Gasteiger partial charge is 0.0541 e. The van der Waals surface area contributed by atoms with E-state index in [0.29, 0.717) is 11.8 Å². The van der Waals surface area contributed by atoms with Gasteiger partial charge >= 0.3 is 0 Å².